The quantitative estimate of drug-likeness (QED) is 0.197. The average molecular weight is 674 g/mol. The van der Waals surface area contributed by atoms with Crippen molar-refractivity contribution in [2.45, 2.75) is 19.6 Å². The SMILES string of the molecule is CONC(=O)Nc1ccc(-c2sc3c(c2CN(C)CCn2cnnn2)c(=O)n(-c2ccccc2)c(=O)n3Cc2c(F)cccc2F)cc1. The summed E-state index contributed by atoms with van der Waals surface area (Å²) in [5.41, 5.74) is 2.68. The van der Waals surface area contributed by atoms with E-state index in [1.54, 1.807) is 59.3 Å². The van der Waals surface area contributed by atoms with Crippen molar-refractivity contribution >= 4 is 33.3 Å². The number of tetrazole rings is 1. The van der Waals surface area contributed by atoms with Gasteiger partial charge < -0.3 is 10.2 Å². The van der Waals surface area contributed by atoms with Gasteiger partial charge in [-0.05, 0) is 65.0 Å². The molecule has 246 valence electrons. The molecule has 6 aromatic rings. The topological polar surface area (TPSA) is 141 Å². The number of likely N-dealkylation sites (N-methyl/N-ethyl adjacent to an activating group) is 1. The molecule has 16 heteroatoms. The summed E-state index contributed by atoms with van der Waals surface area (Å²) in [5, 5.41) is 14.1. The third-order valence-corrected chi connectivity index (χ3v) is 8.90. The molecule has 0 bridgehead atoms. The van der Waals surface area contributed by atoms with Gasteiger partial charge in [-0.2, -0.15) is 0 Å². The van der Waals surface area contributed by atoms with E-state index in [9.17, 15) is 23.2 Å². The Kier molecular flexibility index (Phi) is 9.47. The summed E-state index contributed by atoms with van der Waals surface area (Å²) in [6.07, 6.45) is 1.50. The van der Waals surface area contributed by atoms with Crippen molar-refractivity contribution < 1.29 is 18.4 Å². The fourth-order valence-electron chi connectivity index (χ4n) is 5.30. The molecule has 6 rings (SSSR count). The Hall–Kier alpha value is -5.58. The van der Waals surface area contributed by atoms with Gasteiger partial charge in [0.05, 0.1) is 31.3 Å². The highest BCUT2D eigenvalue weighted by Crippen LogP contribution is 2.38. The lowest BCUT2D eigenvalue weighted by Gasteiger charge is -2.18. The number of para-hydroxylation sites is 1. The van der Waals surface area contributed by atoms with E-state index >= 15 is 0 Å². The minimum Gasteiger partial charge on any atom is -0.306 e. The van der Waals surface area contributed by atoms with Crippen molar-refractivity contribution in [1.29, 1.82) is 0 Å². The summed E-state index contributed by atoms with van der Waals surface area (Å²) in [4.78, 5) is 48.1. The van der Waals surface area contributed by atoms with Crippen molar-refractivity contribution in [1.82, 2.24) is 39.7 Å². The van der Waals surface area contributed by atoms with Crippen molar-refractivity contribution in [3.8, 4) is 16.1 Å². The third kappa shape index (κ3) is 6.62. The van der Waals surface area contributed by atoms with Crippen molar-refractivity contribution in [2.24, 2.45) is 0 Å². The Bertz CT molecular complexity index is 2160. The highest BCUT2D eigenvalue weighted by Gasteiger charge is 2.25. The van der Waals surface area contributed by atoms with Gasteiger partial charge >= 0.3 is 11.7 Å². The normalized spacial score (nSPS) is 11.4. The van der Waals surface area contributed by atoms with Crippen LogP contribution >= 0.6 is 11.3 Å². The Labute approximate surface area is 275 Å². The van der Waals surface area contributed by atoms with Crippen molar-refractivity contribution in [3.05, 3.63) is 123 Å². The summed E-state index contributed by atoms with van der Waals surface area (Å²) in [5.74, 6) is -1.63. The summed E-state index contributed by atoms with van der Waals surface area (Å²) >= 11 is 1.17. The molecule has 0 radical (unpaired) electrons. The van der Waals surface area contributed by atoms with Gasteiger partial charge in [-0.25, -0.2) is 33.1 Å². The van der Waals surface area contributed by atoms with Crippen LogP contribution in [0.5, 0.6) is 0 Å². The van der Waals surface area contributed by atoms with E-state index in [0.29, 0.717) is 40.5 Å². The first kappa shape index (κ1) is 32.4. The molecule has 0 aliphatic carbocycles. The van der Waals surface area contributed by atoms with Crippen LogP contribution in [0.3, 0.4) is 0 Å². The molecule has 0 atom stereocenters. The molecule has 3 aromatic heterocycles. The predicted octanol–water partition coefficient (Wildman–Crippen LogP) is 4.01. The molecule has 0 aliphatic heterocycles. The van der Waals surface area contributed by atoms with Crippen LogP contribution in [-0.2, 0) is 24.5 Å². The summed E-state index contributed by atoms with van der Waals surface area (Å²) in [6, 6.07) is 18.2. The molecule has 2 amide bonds. The van der Waals surface area contributed by atoms with Crippen LogP contribution in [0.15, 0.2) is 88.7 Å². The maximum atomic E-state index is 15.0. The number of nitrogens with one attached hydrogen (secondary N) is 2. The van der Waals surface area contributed by atoms with Gasteiger partial charge in [0.2, 0.25) is 0 Å². The lowest BCUT2D eigenvalue weighted by molar-refractivity contribution is 0.114. The van der Waals surface area contributed by atoms with E-state index in [4.69, 9.17) is 0 Å². The fourth-order valence-corrected chi connectivity index (χ4v) is 6.60. The molecule has 0 aliphatic rings. The van der Waals surface area contributed by atoms with Gasteiger partial charge in [0.15, 0.2) is 0 Å². The molecule has 0 unspecified atom stereocenters. The minimum atomic E-state index is -0.813. The molecule has 48 heavy (non-hydrogen) atoms. The van der Waals surface area contributed by atoms with Gasteiger partial charge in [0.25, 0.3) is 5.56 Å². The van der Waals surface area contributed by atoms with E-state index in [0.717, 1.165) is 16.7 Å². The molecule has 13 nitrogen and oxygen atoms in total. The van der Waals surface area contributed by atoms with Crippen LogP contribution in [-0.4, -0.2) is 61.0 Å². The Morgan fingerprint density at radius 3 is 2.38 bits per heavy atom. The van der Waals surface area contributed by atoms with Crippen LogP contribution in [0.2, 0.25) is 0 Å². The van der Waals surface area contributed by atoms with Gasteiger partial charge in [0, 0.05) is 29.2 Å². The Balaban J connectivity index is 1.56. The van der Waals surface area contributed by atoms with Crippen molar-refractivity contribution in [3.63, 3.8) is 0 Å². The monoisotopic (exact) mass is 673 g/mol. The molecular formula is C32H29F2N9O4S. The summed E-state index contributed by atoms with van der Waals surface area (Å²) < 4.78 is 33.8. The number of amides is 2. The lowest BCUT2D eigenvalue weighted by Crippen LogP contribution is -2.39. The second kappa shape index (κ2) is 14.0. The molecule has 0 saturated carbocycles. The van der Waals surface area contributed by atoms with Gasteiger partial charge in [-0.15, -0.1) is 16.4 Å². The number of rotatable bonds is 11. The van der Waals surface area contributed by atoms with Gasteiger partial charge in [0.1, 0.15) is 22.8 Å². The highest BCUT2D eigenvalue weighted by atomic mass is 32.1. The van der Waals surface area contributed by atoms with Crippen LogP contribution in [0.25, 0.3) is 26.3 Å². The molecule has 0 spiro atoms. The first-order valence-corrected chi connectivity index (χ1v) is 15.5. The molecule has 3 aromatic carbocycles. The summed E-state index contributed by atoms with van der Waals surface area (Å²) in [7, 11) is 3.19. The Morgan fingerprint density at radius 1 is 0.979 bits per heavy atom. The van der Waals surface area contributed by atoms with E-state index in [1.165, 1.54) is 35.4 Å². The van der Waals surface area contributed by atoms with Crippen molar-refractivity contribution in [2.75, 3.05) is 26.0 Å². The number of anilines is 1. The fraction of sp³-hybridized carbons (Fsp3) is 0.188. The molecule has 3 heterocycles. The molecule has 0 fully saturated rings. The standard InChI is InChI=1S/C32H29F2N9O4S/c1-40(15-16-41-19-35-38-39-41)17-24-27-29(44)43(22-7-4-3-5-8-22)32(46)42(18-23-25(33)9-6-10-26(23)34)30(27)48-28(24)20-11-13-21(14-12-20)36-31(45)37-47-2/h3-14,19H,15-18H2,1-2H3,(H2,36,37,45). The number of aromatic nitrogens is 6. The number of urea groups is 1. The Morgan fingerprint density at radius 2 is 1.71 bits per heavy atom. The summed E-state index contributed by atoms with van der Waals surface area (Å²) in [6.45, 7) is 0.791. The number of thiophene rings is 1. The molecule has 2 N–H and O–H groups in total. The van der Waals surface area contributed by atoms with E-state index in [-0.39, 0.29) is 22.3 Å². The zero-order chi connectivity index (χ0) is 33.8. The number of carbonyl (C=O) groups is 1. The second-order valence-corrected chi connectivity index (χ2v) is 11.8. The molecule has 0 saturated heterocycles. The largest absolute Gasteiger partial charge is 0.343 e. The highest BCUT2D eigenvalue weighted by molar-refractivity contribution is 7.22. The average Bonchev–Trinajstić information content (AvgIpc) is 3.73. The van der Waals surface area contributed by atoms with Crippen LogP contribution in [0.4, 0.5) is 19.3 Å². The number of hydrogen-bond acceptors (Lipinski definition) is 9. The number of nitrogens with zero attached hydrogens (tertiary/aromatic N) is 7. The number of hydroxylamine groups is 1. The van der Waals surface area contributed by atoms with E-state index in [2.05, 4.69) is 31.2 Å². The van der Waals surface area contributed by atoms with Crippen LogP contribution in [0.1, 0.15) is 11.1 Å². The number of halogens is 2. The zero-order valence-corrected chi connectivity index (χ0v) is 26.6. The first-order valence-electron chi connectivity index (χ1n) is 14.6. The maximum absolute atomic E-state index is 15.0. The second-order valence-electron chi connectivity index (χ2n) is 10.8. The van der Waals surface area contributed by atoms with Crippen LogP contribution < -0.4 is 22.0 Å². The van der Waals surface area contributed by atoms with Gasteiger partial charge in [-0.3, -0.25) is 14.2 Å². The number of hydrogen-bond donors (Lipinski definition) is 2. The van der Waals surface area contributed by atoms with E-state index in [1.807, 2.05) is 11.9 Å². The van der Waals surface area contributed by atoms with Crippen LogP contribution in [0, 0.1) is 11.6 Å². The maximum Gasteiger partial charge on any atom is 0.343 e. The number of benzene rings is 3. The van der Waals surface area contributed by atoms with E-state index < -0.39 is 35.5 Å². The lowest BCUT2D eigenvalue weighted by atomic mass is 10.1. The number of fused-ring (bicyclic) bond motifs is 1. The zero-order valence-electron chi connectivity index (χ0n) is 25.8. The number of carbonyl (C=O) groups excluding carboxylic acids is 1. The predicted molar refractivity (Wildman–Crippen MR) is 176 cm³/mol. The smallest absolute Gasteiger partial charge is 0.306 e. The first-order chi connectivity index (χ1) is 23.2. The van der Waals surface area contributed by atoms with Gasteiger partial charge in [-0.1, -0.05) is 36.4 Å². The molecular weight excluding hydrogens is 644 g/mol. The minimum absolute atomic E-state index is 0.242. The third-order valence-electron chi connectivity index (χ3n) is 7.60.